The summed E-state index contributed by atoms with van der Waals surface area (Å²) in [5.41, 5.74) is 0.0117. The molecule has 0 saturated carbocycles. The highest BCUT2D eigenvalue weighted by Gasteiger charge is 2.42. The number of hydrogen-bond acceptors (Lipinski definition) is 4. The highest BCUT2D eigenvalue weighted by molar-refractivity contribution is 5.84. The fourth-order valence-corrected chi connectivity index (χ4v) is 2.81. The third-order valence-electron chi connectivity index (χ3n) is 4.19. The van der Waals surface area contributed by atoms with Gasteiger partial charge in [-0.2, -0.15) is 0 Å². The second-order valence-electron chi connectivity index (χ2n) is 5.84. The zero-order chi connectivity index (χ0) is 15.5. The van der Waals surface area contributed by atoms with Gasteiger partial charge in [0.15, 0.2) is 0 Å². The van der Waals surface area contributed by atoms with Crippen LogP contribution < -0.4 is 5.32 Å². The van der Waals surface area contributed by atoms with Gasteiger partial charge < -0.3 is 15.0 Å². The van der Waals surface area contributed by atoms with Gasteiger partial charge in [-0.1, -0.05) is 0 Å². The summed E-state index contributed by atoms with van der Waals surface area (Å²) >= 11 is 0. The summed E-state index contributed by atoms with van der Waals surface area (Å²) in [5, 5.41) is 3.26. The molecule has 4 nitrogen and oxygen atoms in total. The van der Waals surface area contributed by atoms with E-state index in [1.807, 2.05) is 0 Å². The molecule has 0 aliphatic carbocycles. The van der Waals surface area contributed by atoms with Crippen molar-refractivity contribution in [2.45, 2.75) is 38.3 Å². The zero-order valence-electron chi connectivity index (χ0n) is 12.9. The number of nitrogens with one attached hydrogen (secondary N) is 1. The van der Waals surface area contributed by atoms with Crippen LogP contribution in [0.2, 0.25) is 0 Å². The van der Waals surface area contributed by atoms with Crippen molar-refractivity contribution in [3.8, 4) is 0 Å². The van der Waals surface area contributed by atoms with Gasteiger partial charge in [-0.3, -0.25) is 0 Å². The number of benzene rings is 1. The van der Waals surface area contributed by atoms with Crippen molar-refractivity contribution < 1.29 is 13.9 Å². The first-order chi connectivity index (χ1) is 9.97. The van der Waals surface area contributed by atoms with Gasteiger partial charge >= 0.3 is 5.97 Å². The van der Waals surface area contributed by atoms with Crippen LogP contribution in [0.3, 0.4) is 0 Å². The van der Waals surface area contributed by atoms with Crippen molar-refractivity contribution in [2.24, 2.45) is 0 Å². The number of ether oxygens (including phenoxy) is 1. The van der Waals surface area contributed by atoms with E-state index in [0.29, 0.717) is 18.9 Å². The van der Waals surface area contributed by atoms with Gasteiger partial charge in [-0.25, -0.2) is 9.18 Å². The number of likely N-dealkylation sites (tertiary alicyclic amines) is 1. The van der Waals surface area contributed by atoms with Crippen molar-refractivity contribution in [3.05, 3.63) is 30.1 Å². The molecule has 0 bridgehead atoms. The number of piperidine rings is 1. The summed E-state index contributed by atoms with van der Waals surface area (Å²) in [5.74, 6) is -0.544. The fourth-order valence-electron chi connectivity index (χ4n) is 2.81. The third kappa shape index (κ3) is 3.53. The Kier molecular flexibility index (Phi) is 4.83. The van der Waals surface area contributed by atoms with E-state index in [9.17, 15) is 9.18 Å². The Labute approximate surface area is 125 Å². The van der Waals surface area contributed by atoms with Crippen LogP contribution in [0.1, 0.15) is 26.7 Å². The predicted octanol–water partition coefficient (Wildman–Crippen LogP) is 2.65. The number of esters is 1. The topological polar surface area (TPSA) is 41.6 Å². The molecule has 1 aliphatic rings. The van der Waals surface area contributed by atoms with E-state index in [1.165, 1.54) is 19.2 Å². The first kappa shape index (κ1) is 15.8. The van der Waals surface area contributed by atoms with Gasteiger partial charge in [-0.05, 0) is 51.0 Å². The lowest BCUT2D eigenvalue weighted by molar-refractivity contribution is -0.148. The lowest BCUT2D eigenvalue weighted by Gasteiger charge is -2.42. The zero-order valence-corrected chi connectivity index (χ0v) is 12.9. The maximum atomic E-state index is 13.0. The molecule has 1 fully saturated rings. The number of hydrogen-bond donors (Lipinski definition) is 1. The Bertz CT molecular complexity index is 480. The van der Waals surface area contributed by atoms with Crippen molar-refractivity contribution >= 4 is 11.7 Å². The average molecular weight is 294 g/mol. The lowest BCUT2D eigenvalue weighted by Crippen LogP contribution is -2.56. The Balaban J connectivity index is 2.15. The van der Waals surface area contributed by atoms with Gasteiger partial charge in [0, 0.05) is 24.8 Å². The average Bonchev–Trinajstić information content (AvgIpc) is 2.49. The summed E-state index contributed by atoms with van der Waals surface area (Å²) < 4.78 is 18.0. The summed E-state index contributed by atoms with van der Waals surface area (Å²) in [6.45, 7) is 5.97. The standard InChI is InChI=1S/C16H23FN2O2/c1-12(2)19-10-8-16(9-11-19,15(20)21-3)18-14-6-4-13(17)5-7-14/h4-7,12,18H,8-11H2,1-3H3. The smallest absolute Gasteiger partial charge is 0.331 e. The van der Waals surface area contributed by atoms with Crippen LogP contribution in [0.15, 0.2) is 24.3 Å². The minimum absolute atomic E-state index is 0.254. The molecule has 2 rings (SSSR count). The molecule has 0 amide bonds. The van der Waals surface area contributed by atoms with Crippen LogP contribution in [0, 0.1) is 5.82 Å². The quantitative estimate of drug-likeness (QED) is 0.867. The van der Waals surface area contributed by atoms with Gasteiger partial charge in [0.2, 0.25) is 0 Å². The molecule has 0 radical (unpaired) electrons. The summed E-state index contributed by atoms with van der Waals surface area (Å²) in [7, 11) is 1.41. The largest absolute Gasteiger partial charge is 0.467 e. The van der Waals surface area contributed by atoms with E-state index in [1.54, 1.807) is 12.1 Å². The van der Waals surface area contributed by atoms with Crippen LogP contribution >= 0.6 is 0 Å². The first-order valence-electron chi connectivity index (χ1n) is 7.33. The number of halogens is 1. The van der Waals surface area contributed by atoms with Gasteiger partial charge in [-0.15, -0.1) is 0 Å². The molecule has 0 spiro atoms. The van der Waals surface area contributed by atoms with Crippen molar-refractivity contribution in [1.29, 1.82) is 0 Å². The molecule has 1 N–H and O–H groups in total. The second kappa shape index (κ2) is 6.43. The normalized spacial score (nSPS) is 18.5. The highest BCUT2D eigenvalue weighted by atomic mass is 19.1. The van der Waals surface area contributed by atoms with Crippen LogP contribution in [-0.2, 0) is 9.53 Å². The summed E-state index contributed by atoms with van der Waals surface area (Å²) in [6, 6.07) is 6.53. The Morgan fingerprint density at radius 3 is 2.33 bits per heavy atom. The van der Waals surface area contributed by atoms with Gasteiger partial charge in [0.25, 0.3) is 0 Å². The number of carbonyl (C=O) groups is 1. The van der Waals surface area contributed by atoms with Crippen molar-refractivity contribution in [2.75, 3.05) is 25.5 Å². The predicted molar refractivity (Wildman–Crippen MR) is 80.7 cm³/mol. The minimum Gasteiger partial charge on any atom is -0.467 e. The van der Waals surface area contributed by atoms with Gasteiger partial charge in [0.1, 0.15) is 11.4 Å². The van der Waals surface area contributed by atoms with E-state index in [2.05, 4.69) is 24.1 Å². The molecule has 5 heteroatoms. The van der Waals surface area contributed by atoms with Crippen LogP contribution in [0.25, 0.3) is 0 Å². The minimum atomic E-state index is -0.724. The summed E-state index contributed by atoms with van der Waals surface area (Å²) in [6.07, 6.45) is 1.35. The molecule has 0 unspecified atom stereocenters. The molecule has 1 aromatic carbocycles. The summed E-state index contributed by atoms with van der Waals surface area (Å²) in [4.78, 5) is 14.6. The number of nitrogens with zero attached hydrogens (tertiary/aromatic N) is 1. The van der Waals surface area contributed by atoms with E-state index < -0.39 is 5.54 Å². The lowest BCUT2D eigenvalue weighted by atomic mass is 9.86. The molecule has 1 heterocycles. The SMILES string of the molecule is COC(=O)C1(Nc2ccc(F)cc2)CCN(C(C)C)CC1. The molecule has 116 valence electrons. The maximum Gasteiger partial charge on any atom is 0.331 e. The monoisotopic (exact) mass is 294 g/mol. The molecule has 0 atom stereocenters. The van der Waals surface area contributed by atoms with E-state index in [-0.39, 0.29) is 11.8 Å². The van der Waals surface area contributed by atoms with Crippen LogP contribution in [0.4, 0.5) is 10.1 Å². The fraction of sp³-hybridized carbons (Fsp3) is 0.562. The third-order valence-corrected chi connectivity index (χ3v) is 4.19. The van der Waals surface area contributed by atoms with E-state index in [0.717, 1.165) is 18.8 Å². The van der Waals surface area contributed by atoms with E-state index in [4.69, 9.17) is 4.74 Å². The number of rotatable bonds is 4. The molecular weight excluding hydrogens is 271 g/mol. The molecule has 1 aliphatic heterocycles. The molecule has 21 heavy (non-hydrogen) atoms. The van der Waals surface area contributed by atoms with Gasteiger partial charge in [0.05, 0.1) is 7.11 Å². The van der Waals surface area contributed by atoms with Crippen LogP contribution in [-0.4, -0.2) is 42.6 Å². The number of methoxy groups -OCH3 is 1. The maximum absolute atomic E-state index is 13.0. The number of carbonyl (C=O) groups excluding carboxylic acids is 1. The molecule has 1 saturated heterocycles. The van der Waals surface area contributed by atoms with E-state index >= 15 is 0 Å². The van der Waals surface area contributed by atoms with Crippen molar-refractivity contribution in [3.63, 3.8) is 0 Å². The Morgan fingerprint density at radius 1 is 1.29 bits per heavy atom. The first-order valence-corrected chi connectivity index (χ1v) is 7.33. The van der Waals surface area contributed by atoms with Crippen LogP contribution in [0.5, 0.6) is 0 Å². The molecular formula is C16H23FN2O2. The number of anilines is 1. The molecule has 0 aromatic heterocycles. The highest BCUT2D eigenvalue weighted by Crippen LogP contribution is 2.29. The second-order valence-corrected chi connectivity index (χ2v) is 5.84. The Morgan fingerprint density at radius 2 is 1.86 bits per heavy atom. The Hall–Kier alpha value is -1.62. The molecule has 1 aromatic rings. The van der Waals surface area contributed by atoms with Crippen molar-refractivity contribution in [1.82, 2.24) is 4.90 Å².